The number of rotatable bonds is 9. The number of nitrogens with one attached hydrogen (secondary N) is 1. The van der Waals surface area contributed by atoms with Gasteiger partial charge < -0.3 is 5.32 Å². The van der Waals surface area contributed by atoms with E-state index in [9.17, 15) is 57.1 Å². The predicted molar refractivity (Wildman–Crippen MR) is 132 cm³/mol. The van der Waals surface area contributed by atoms with E-state index >= 15 is 0 Å². The van der Waals surface area contributed by atoms with Crippen molar-refractivity contribution < 1.29 is 57.1 Å². The molecule has 0 aliphatic carbocycles. The van der Waals surface area contributed by atoms with Gasteiger partial charge in [-0.1, -0.05) is 36.7 Å². The Morgan fingerprint density at radius 3 is 2.10 bits per heavy atom. The van der Waals surface area contributed by atoms with Gasteiger partial charge in [0.1, 0.15) is 17.5 Å². The molecule has 2 rings (SSSR count). The summed E-state index contributed by atoms with van der Waals surface area (Å²) in [6.45, 7) is 2.63. The number of alkyl halides is 9. The van der Waals surface area contributed by atoms with Gasteiger partial charge in [-0.15, -0.1) is 0 Å². The van der Waals surface area contributed by atoms with Crippen LogP contribution in [0.1, 0.15) is 52.4 Å². The number of carbonyl (C=O) groups is 1. The van der Waals surface area contributed by atoms with Crippen molar-refractivity contribution in [1.82, 2.24) is 5.32 Å². The van der Waals surface area contributed by atoms with E-state index in [0.29, 0.717) is 24.1 Å². The van der Waals surface area contributed by atoms with Crippen molar-refractivity contribution in [2.45, 2.75) is 50.8 Å². The first kappa shape index (κ1) is 34.4. The topological polar surface area (TPSA) is 63.2 Å². The van der Waals surface area contributed by atoms with E-state index in [2.05, 4.69) is 0 Å². The summed E-state index contributed by atoms with van der Waals surface area (Å²) in [7, 11) is -4.80. The highest BCUT2D eigenvalue weighted by Gasteiger charge is 2.41. The fourth-order valence-electron chi connectivity index (χ4n) is 3.82. The number of allylic oxidation sites excluding steroid dienone is 1. The van der Waals surface area contributed by atoms with Crippen LogP contribution in [-0.4, -0.2) is 44.2 Å². The first-order valence-corrected chi connectivity index (χ1v) is 13.8. The molecule has 0 radical (unpaired) electrons. The highest BCUT2D eigenvalue weighted by molar-refractivity contribution is 7.91. The smallest absolute Gasteiger partial charge is 0.349 e. The summed E-state index contributed by atoms with van der Waals surface area (Å²) >= 11 is 5.97. The molecular weight excluding hydrogens is 620 g/mol. The molecule has 2 aromatic carbocycles. The highest BCUT2D eigenvalue weighted by Crippen LogP contribution is 2.40. The molecule has 0 bridgehead atoms. The van der Waals surface area contributed by atoms with Crippen LogP contribution in [0.5, 0.6) is 0 Å². The molecule has 228 valence electrons. The molecule has 0 aromatic heterocycles. The third-order valence-electron chi connectivity index (χ3n) is 5.59. The first-order valence-electron chi connectivity index (χ1n) is 11.6. The van der Waals surface area contributed by atoms with Crippen LogP contribution >= 0.6 is 11.6 Å². The largest absolute Gasteiger partial charge is 0.417 e. The van der Waals surface area contributed by atoms with Gasteiger partial charge in [-0.05, 0) is 48.7 Å². The molecular formula is C25H22ClF10NO3S. The number of carbonyl (C=O) groups excluding carboxylic acids is 1. The van der Waals surface area contributed by atoms with Gasteiger partial charge in [0, 0.05) is 16.6 Å². The quantitative estimate of drug-likeness (QED) is 0.286. The molecule has 1 N–H and O–H groups in total. The maximum Gasteiger partial charge on any atom is 0.417 e. The van der Waals surface area contributed by atoms with E-state index in [-0.39, 0.29) is 17.2 Å². The molecule has 0 aliphatic heterocycles. The number of aryl methyl sites for hydroxylation is 1. The van der Waals surface area contributed by atoms with Crippen molar-refractivity contribution in [1.29, 1.82) is 0 Å². The zero-order valence-electron chi connectivity index (χ0n) is 21.1. The Morgan fingerprint density at radius 2 is 1.61 bits per heavy atom. The van der Waals surface area contributed by atoms with Gasteiger partial charge in [0.15, 0.2) is 9.84 Å². The number of amides is 1. The molecule has 2 atom stereocenters. The van der Waals surface area contributed by atoms with Gasteiger partial charge in [-0.2, -0.15) is 39.5 Å². The second-order valence-electron chi connectivity index (χ2n) is 9.04. The molecule has 0 fully saturated rings. The molecule has 2 aromatic rings. The van der Waals surface area contributed by atoms with Crippen LogP contribution in [0.4, 0.5) is 43.9 Å². The molecule has 1 amide bonds. The van der Waals surface area contributed by atoms with Gasteiger partial charge in [0.2, 0.25) is 0 Å². The van der Waals surface area contributed by atoms with E-state index in [1.807, 2.05) is 5.32 Å². The fraction of sp³-hybridized carbons (Fsp3) is 0.400. The molecule has 4 nitrogen and oxygen atoms in total. The summed E-state index contributed by atoms with van der Waals surface area (Å²) in [4.78, 5) is 12.5. The van der Waals surface area contributed by atoms with E-state index in [0.717, 1.165) is 19.1 Å². The Balaban J connectivity index is 2.44. The number of sulfone groups is 1. The summed E-state index contributed by atoms with van der Waals surface area (Å²) in [6.07, 6.45) is -15.0. The molecule has 41 heavy (non-hydrogen) atoms. The molecule has 0 saturated heterocycles. The minimum atomic E-state index is -5.33. The Hall–Kier alpha value is -2.81. The van der Waals surface area contributed by atoms with Crippen LogP contribution in [0.2, 0.25) is 5.02 Å². The number of benzene rings is 2. The molecule has 0 heterocycles. The van der Waals surface area contributed by atoms with E-state index < -0.39 is 85.8 Å². The van der Waals surface area contributed by atoms with Crippen molar-refractivity contribution in [2.75, 3.05) is 11.5 Å². The normalized spacial score (nSPS) is 15.0. The lowest BCUT2D eigenvalue weighted by atomic mass is 9.94. The Kier molecular flexibility index (Phi) is 10.6. The van der Waals surface area contributed by atoms with Crippen LogP contribution in [-0.2, 0) is 22.4 Å². The Bertz CT molecular complexity index is 1400. The van der Waals surface area contributed by atoms with Crippen LogP contribution < -0.4 is 5.32 Å². The zero-order valence-corrected chi connectivity index (χ0v) is 22.7. The first-order chi connectivity index (χ1) is 18.5. The van der Waals surface area contributed by atoms with E-state index in [1.165, 1.54) is 6.07 Å². The lowest BCUT2D eigenvalue weighted by Crippen LogP contribution is -2.40. The van der Waals surface area contributed by atoms with Crippen LogP contribution in [0.3, 0.4) is 0 Å². The van der Waals surface area contributed by atoms with Gasteiger partial charge in [-0.3, -0.25) is 4.79 Å². The molecule has 0 aliphatic rings. The Morgan fingerprint density at radius 1 is 1.00 bits per heavy atom. The summed E-state index contributed by atoms with van der Waals surface area (Å²) in [5, 5.41) is 1.81. The minimum absolute atomic E-state index is 0.0248. The maximum absolute atomic E-state index is 15.0. The van der Waals surface area contributed by atoms with E-state index in [4.69, 9.17) is 11.6 Å². The molecule has 0 spiro atoms. The third-order valence-corrected chi connectivity index (χ3v) is 7.72. The van der Waals surface area contributed by atoms with Crippen molar-refractivity contribution in [3.05, 3.63) is 75.3 Å². The van der Waals surface area contributed by atoms with Crippen LogP contribution in [0.15, 0.2) is 42.5 Å². The molecule has 2 unspecified atom stereocenters. The summed E-state index contributed by atoms with van der Waals surface area (Å²) in [6, 6.07) is 2.89. The van der Waals surface area contributed by atoms with Gasteiger partial charge >= 0.3 is 18.5 Å². The average Bonchev–Trinajstić information content (AvgIpc) is 2.78. The van der Waals surface area contributed by atoms with Gasteiger partial charge in [-0.25, -0.2) is 12.8 Å². The van der Waals surface area contributed by atoms with Crippen LogP contribution in [0.25, 0.3) is 5.83 Å². The fourth-order valence-corrected chi connectivity index (χ4v) is 5.61. The second kappa shape index (κ2) is 12.6. The third kappa shape index (κ3) is 9.90. The summed E-state index contributed by atoms with van der Waals surface area (Å²) in [5.74, 6) is -9.32. The second-order valence-corrected chi connectivity index (χ2v) is 11.6. The minimum Gasteiger partial charge on any atom is -0.349 e. The highest BCUT2D eigenvalue weighted by atomic mass is 35.5. The molecule has 16 heteroatoms. The van der Waals surface area contributed by atoms with Crippen molar-refractivity contribution in [2.24, 2.45) is 0 Å². The molecule has 0 saturated carbocycles. The number of hydrogen-bond donors (Lipinski definition) is 1. The van der Waals surface area contributed by atoms with E-state index in [1.54, 1.807) is 6.92 Å². The van der Waals surface area contributed by atoms with Gasteiger partial charge in [0.05, 0.1) is 16.9 Å². The maximum atomic E-state index is 15.0. The number of halogens is 11. The zero-order chi connectivity index (χ0) is 31.6. The van der Waals surface area contributed by atoms with Gasteiger partial charge in [0.25, 0.3) is 5.91 Å². The summed E-state index contributed by atoms with van der Waals surface area (Å²) in [5.41, 5.74) is -3.86. The SMILES string of the molecule is CCc1ccc(C(/C=C(\F)c2ccc(C(=O)NC(C)CS(=O)(=O)CC(F)(F)F)c(C(F)(F)F)c2)C(F)(F)F)cc1Cl. The lowest BCUT2D eigenvalue weighted by molar-refractivity contribution is -0.140. The van der Waals surface area contributed by atoms with Crippen LogP contribution in [0, 0.1) is 0 Å². The van der Waals surface area contributed by atoms with Crippen molar-refractivity contribution >= 4 is 33.2 Å². The van der Waals surface area contributed by atoms with Crippen molar-refractivity contribution in [3.63, 3.8) is 0 Å². The summed E-state index contributed by atoms with van der Waals surface area (Å²) < 4.78 is 158. The lowest BCUT2D eigenvalue weighted by Gasteiger charge is -2.20. The van der Waals surface area contributed by atoms with Crippen molar-refractivity contribution in [3.8, 4) is 0 Å². The standard InChI is InChI=1S/C25H22ClF10NO3S/c1-3-14-4-5-15(9-20(14)26)18(24(31,32)33)10-21(27)16-6-7-17(19(8-16)25(34,35)36)22(38)37-13(2)11-41(39,40)12-23(28,29)30/h4-10,13,18H,3,11-12H2,1-2H3,(H,37,38)/b21-10-. The number of hydrogen-bond acceptors (Lipinski definition) is 3. The average molecular weight is 642 g/mol. The Labute approximate surface area is 233 Å². The predicted octanol–water partition coefficient (Wildman–Crippen LogP) is 7.67. The monoisotopic (exact) mass is 641 g/mol.